The van der Waals surface area contributed by atoms with E-state index < -0.39 is 11.6 Å². The second-order valence-corrected chi connectivity index (χ2v) is 8.97. The molecule has 178 valence electrons. The van der Waals surface area contributed by atoms with Crippen LogP contribution in [0.15, 0.2) is 58.2 Å². The van der Waals surface area contributed by atoms with Crippen molar-refractivity contribution in [1.29, 1.82) is 0 Å². The first kappa shape index (κ1) is 21.7. The molecule has 1 saturated heterocycles. The van der Waals surface area contributed by atoms with Crippen molar-refractivity contribution in [3.63, 3.8) is 0 Å². The van der Waals surface area contributed by atoms with Gasteiger partial charge >= 0.3 is 0 Å². The van der Waals surface area contributed by atoms with Gasteiger partial charge in [-0.1, -0.05) is 35.5 Å². The first-order chi connectivity index (χ1) is 17.1. The molecule has 0 amide bonds. The first-order valence-corrected chi connectivity index (χ1v) is 11.7. The van der Waals surface area contributed by atoms with Crippen molar-refractivity contribution in [2.75, 3.05) is 13.1 Å². The summed E-state index contributed by atoms with van der Waals surface area (Å²) in [6.07, 6.45) is 4.20. The summed E-state index contributed by atoms with van der Waals surface area (Å²) in [6, 6.07) is 14.4. The van der Waals surface area contributed by atoms with Gasteiger partial charge in [0.25, 0.3) is 0 Å². The molecule has 1 fully saturated rings. The molecule has 2 aliphatic heterocycles. The minimum atomic E-state index is -0.925. The summed E-state index contributed by atoms with van der Waals surface area (Å²) in [5, 5.41) is 10.5. The van der Waals surface area contributed by atoms with Gasteiger partial charge in [-0.05, 0) is 43.6 Å². The van der Waals surface area contributed by atoms with E-state index >= 15 is 0 Å². The molecule has 6 rings (SSSR count). The number of aromatic amines is 1. The fourth-order valence-corrected chi connectivity index (χ4v) is 4.60. The molecule has 0 aliphatic carbocycles. The number of aromatic nitrogens is 3. The largest absolute Gasteiger partial charge is 0.359 e. The Kier molecular flexibility index (Phi) is 5.61. The zero-order chi connectivity index (χ0) is 23.8. The molecule has 2 aromatic heterocycles. The van der Waals surface area contributed by atoms with E-state index in [4.69, 9.17) is 4.52 Å². The van der Waals surface area contributed by atoms with Gasteiger partial charge in [-0.2, -0.15) is 5.10 Å². The van der Waals surface area contributed by atoms with Crippen LogP contribution in [-0.2, 0) is 19.6 Å². The molecular weight excluding hydrogens is 450 g/mol. The number of H-pyrrole nitrogens is 1. The van der Waals surface area contributed by atoms with Crippen LogP contribution >= 0.6 is 0 Å². The molecule has 0 spiro atoms. The van der Waals surface area contributed by atoms with Crippen molar-refractivity contribution in [1.82, 2.24) is 25.0 Å². The molecule has 7 nitrogen and oxygen atoms in total. The second kappa shape index (κ2) is 9.07. The van der Waals surface area contributed by atoms with Gasteiger partial charge in [0.2, 0.25) is 0 Å². The summed E-state index contributed by atoms with van der Waals surface area (Å²) >= 11 is 0. The zero-order valence-corrected chi connectivity index (χ0v) is 19.0. The van der Waals surface area contributed by atoms with Gasteiger partial charge in [0, 0.05) is 18.2 Å². The van der Waals surface area contributed by atoms with Gasteiger partial charge in [-0.3, -0.25) is 9.91 Å². The average molecular weight is 475 g/mol. The lowest BCUT2D eigenvalue weighted by Gasteiger charge is -2.19. The molecule has 0 unspecified atom stereocenters. The molecule has 0 bridgehead atoms. The molecule has 4 heterocycles. The lowest BCUT2D eigenvalue weighted by Crippen LogP contribution is -2.21. The number of imidazole rings is 1. The molecule has 1 N–H and O–H groups in total. The third kappa shape index (κ3) is 4.46. The fraction of sp³-hybridized carbons (Fsp3) is 0.269. The summed E-state index contributed by atoms with van der Waals surface area (Å²) in [5.74, 6) is -0.885. The Morgan fingerprint density at radius 2 is 1.83 bits per heavy atom. The van der Waals surface area contributed by atoms with Gasteiger partial charge in [0.1, 0.15) is 11.5 Å². The highest BCUT2D eigenvalue weighted by Gasteiger charge is 2.21. The Labute approximate surface area is 201 Å². The van der Waals surface area contributed by atoms with E-state index in [1.807, 2.05) is 6.07 Å². The molecule has 2 aromatic carbocycles. The number of benzene rings is 2. The van der Waals surface area contributed by atoms with E-state index in [2.05, 4.69) is 49.4 Å². The highest BCUT2D eigenvalue weighted by molar-refractivity contribution is 5.80. The second-order valence-electron chi connectivity index (χ2n) is 8.97. The molecule has 0 radical (unpaired) electrons. The van der Waals surface area contributed by atoms with Gasteiger partial charge in [0.15, 0.2) is 17.4 Å². The summed E-state index contributed by atoms with van der Waals surface area (Å²) in [4.78, 5) is 9.97. The number of halogens is 2. The quantitative estimate of drug-likeness (QED) is 0.428. The zero-order valence-electron chi connectivity index (χ0n) is 19.0. The minimum absolute atomic E-state index is 0.0886. The Morgan fingerprint density at radius 1 is 1.00 bits per heavy atom. The maximum atomic E-state index is 14.2. The normalized spacial score (nSPS) is 15.7. The Balaban J connectivity index is 1.12. The van der Waals surface area contributed by atoms with E-state index in [1.54, 1.807) is 11.2 Å². The Morgan fingerprint density at radius 3 is 2.66 bits per heavy atom. The number of nitrogens with zero attached hydrogens (tertiary/aromatic N) is 5. The fourth-order valence-electron chi connectivity index (χ4n) is 4.60. The van der Waals surface area contributed by atoms with Crippen LogP contribution in [0.2, 0.25) is 0 Å². The summed E-state index contributed by atoms with van der Waals surface area (Å²) in [6.45, 7) is 4.15. The van der Waals surface area contributed by atoms with Crippen molar-refractivity contribution in [2.24, 2.45) is 5.10 Å². The lowest BCUT2D eigenvalue weighted by atomic mass is 10.1. The molecule has 0 atom stereocenters. The van der Waals surface area contributed by atoms with Gasteiger partial charge in [-0.15, -0.1) is 0 Å². The molecule has 2 aliphatic rings. The highest BCUT2D eigenvalue weighted by atomic mass is 19.2. The van der Waals surface area contributed by atoms with Crippen LogP contribution in [0.3, 0.4) is 0 Å². The van der Waals surface area contributed by atoms with Crippen LogP contribution in [0.4, 0.5) is 8.78 Å². The molecule has 0 saturated carbocycles. The van der Waals surface area contributed by atoms with E-state index in [0.717, 1.165) is 23.9 Å². The summed E-state index contributed by atoms with van der Waals surface area (Å²) < 4.78 is 33.3. The predicted molar refractivity (Wildman–Crippen MR) is 127 cm³/mol. The lowest BCUT2D eigenvalue weighted by molar-refractivity contribution is 0.229. The smallest absolute Gasteiger partial charge is 0.169 e. The van der Waals surface area contributed by atoms with Crippen molar-refractivity contribution >= 4 is 6.21 Å². The third-order valence-electron chi connectivity index (χ3n) is 6.45. The average Bonchev–Trinajstić information content (AvgIpc) is 3.63. The molecular formula is C26H24F2N6O. The van der Waals surface area contributed by atoms with Gasteiger partial charge in [0.05, 0.1) is 36.3 Å². The standard InChI is InChI=1S/C26H24F2N6O/c27-21-5-3-4-20(25(21)28)26-30-23-13-29-34(16-24(23)31-26)15-19-12-22(32-35-19)18-8-6-17(7-9-18)14-33-10-1-2-11-33/h3-9,12-13H,1-2,10-11,14-16H2,(H,30,31). The van der Waals surface area contributed by atoms with Crippen LogP contribution in [0.25, 0.3) is 22.6 Å². The number of nitrogens with one attached hydrogen (secondary N) is 1. The van der Waals surface area contributed by atoms with Crippen molar-refractivity contribution in [3.05, 3.63) is 82.9 Å². The van der Waals surface area contributed by atoms with E-state index in [0.29, 0.717) is 30.2 Å². The number of fused-ring (bicyclic) bond motifs is 1. The van der Waals surface area contributed by atoms with Crippen LogP contribution in [0.5, 0.6) is 0 Å². The third-order valence-corrected chi connectivity index (χ3v) is 6.45. The van der Waals surface area contributed by atoms with Crippen LogP contribution in [0, 0.1) is 11.6 Å². The molecule has 35 heavy (non-hydrogen) atoms. The van der Waals surface area contributed by atoms with E-state index in [-0.39, 0.29) is 11.4 Å². The molecule has 9 heteroatoms. The van der Waals surface area contributed by atoms with Crippen molar-refractivity contribution in [3.8, 4) is 22.6 Å². The first-order valence-electron chi connectivity index (χ1n) is 11.7. The Hall–Kier alpha value is -3.85. The summed E-state index contributed by atoms with van der Waals surface area (Å²) in [7, 11) is 0. The highest BCUT2D eigenvalue weighted by Crippen LogP contribution is 2.26. The van der Waals surface area contributed by atoms with Crippen LogP contribution in [-0.4, -0.2) is 44.3 Å². The number of hydrazone groups is 1. The summed E-state index contributed by atoms with van der Waals surface area (Å²) in [5.41, 5.74) is 4.54. The number of hydrogen-bond donors (Lipinski definition) is 1. The maximum Gasteiger partial charge on any atom is 0.169 e. The number of likely N-dealkylation sites (tertiary alicyclic amines) is 1. The van der Waals surface area contributed by atoms with E-state index in [1.165, 1.54) is 43.6 Å². The number of rotatable bonds is 6. The van der Waals surface area contributed by atoms with Crippen molar-refractivity contribution < 1.29 is 13.3 Å². The van der Waals surface area contributed by atoms with Gasteiger partial charge in [-0.25, -0.2) is 13.8 Å². The predicted octanol–water partition coefficient (Wildman–Crippen LogP) is 4.96. The molecule has 4 aromatic rings. The van der Waals surface area contributed by atoms with Gasteiger partial charge < -0.3 is 9.51 Å². The Bertz CT molecular complexity index is 1370. The minimum Gasteiger partial charge on any atom is -0.359 e. The monoisotopic (exact) mass is 474 g/mol. The SMILES string of the molecule is Fc1cccc(-c2nc3c([nH]2)C=NN(Cc2cc(-c4ccc(CN5CCCC5)cc4)no2)C3)c1F. The van der Waals surface area contributed by atoms with Crippen molar-refractivity contribution in [2.45, 2.75) is 32.5 Å². The van der Waals surface area contributed by atoms with E-state index in [9.17, 15) is 8.78 Å². The topological polar surface area (TPSA) is 73.6 Å². The van der Waals surface area contributed by atoms with Crippen LogP contribution in [0.1, 0.15) is 35.6 Å². The number of hydrogen-bond acceptors (Lipinski definition) is 6. The van der Waals surface area contributed by atoms with Crippen LogP contribution < -0.4 is 0 Å². The maximum absolute atomic E-state index is 14.2.